The molecule has 0 amide bonds. The van der Waals surface area contributed by atoms with Crippen molar-refractivity contribution in [1.82, 2.24) is 15.0 Å². The normalized spacial score (nSPS) is 11.3. The number of aromatic nitrogens is 3. The summed E-state index contributed by atoms with van der Waals surface area (Å²) in [6.45, 7) is 2.12. The molecular formula is C52H35N3O. The smallest absolute Gasteiger partial charge is 0.164 e. The molecule has 0 bridgehead atoms. The van der Waals surface area contributed by atoms with Crippen molar-refractivity contribution >= 4 is 21.9 Å². The van der Waals surface area contributed by atoms with Gasteiger partial charge in [-0.25, -0.2) is 15.0 Å². The summed E-state index contributed by atoms with van der Waals surface area (Å²) in [7, 11) is 0. The fourth-order valence-electron chi connectivity index (χ4n) is 7.64. The van der Waals surface area contributed by atoms with E-state index in [1.807, 2.05) is 24.3 Å². The number of hydrogen-bond acceptors (Lipinski definition) is 4. The van der Waals surface area contributed by atoms with Gasteiger partial charge in [0.2, 0.25) is 0 Å². The molecule has 0 fully saturated rings. The number of rotatable bonds is 7. The van der Waals surface area contributed by atoms with Crippen LogP contribution in [0.2, 0.25) is 0 Å². The summed E-state index contributed by atoms with van der Waals surface area (Å²) >= 11 is 0. The van der Waals surface area contributed by atoms with Crippen LogP contribution in [0.1, 0.15) is 5.56 Å². The van der Waals surface area contributed by atoms with E-state index in [0.717, 1.165) is 72.0 Å². The molecule has 0 aliphatic rings. The Morgan fingerprint density at radius 1 is 0.321 bits per heavy atom. The minimum absolute atomic E-state index is 0.576. The van der Waals surface area contributed by atoms with Crippen molar-refractivity contribution in [3.63, 3.8) is 0 Å². The van der Waals surface area contributed by atoms with Crippen LogP contribution in [-0.2, 0) is 0 Å². The van der Waals surface area contributed by atoms with E-state index >= 15 is 0 Å². The Bertz CT molecular complexity index is 3020. The number of aryl methyl sites for hydroxylation is 1. The van der Waals surface area contributed by atoms with E-state index in [-0.39, 0.29) is 0 Å². The summed E-state index contributed by atoms with van der Waals surface area (Å²) in [5, 5.41) is 2.14. The van der Waals surface area contributed by atoms with Crippen molar-refractivity contribution < 1.29 is 4.42 Å². The molecule has 0 unspecified atom stereocenters. The molecular weight excluding hydrogens is 683 g/mol. The van der Waals surface area contributed by atoms with E-state index < -0.39 is 0 Å². The summed E-state index contributed by atoms with van der Waals surface area (Å²) < 4.78 is 6.52. The second kappa shape index (κ2) is 14.1. The highest BCUT2D eigenvalue weighted by Gasteiger charge is 2.18. The molecule has 4 nitrogen and oxygen atoms in total. The topological polar surface area (TPSA) is 51.8 Å². The van der Waals surface area contributed by atoms with Crippen molar-refractivity contribution in [1.29, 1.82) is 0 Å². The molecule has 8 aromatic carbocycles. The van der Waals surface area contributed by atoms with Crippen molar-refractivity contribution in [2.45, 2.75) is 6.92 Å². The SMILES string of the molecule is Cc1cccc(-c2ccccc2-c2nc(-c3cccc(-c4ccc(-c5ccccc5)cc4)c3)nc(-c3ccc4c(c3)oc3cccc(-c5ccccc5)c34)n2)c1. The van der Waals surface area contributed by atoms with Crippen LogP contribution in [-0.4, -0.2) is 15.0 Å². The lowest BCUT2D eigenvalue weighted by molar-refractivity contribution is 0.669. The second-order valence-electron chi connectivity index (χ2n) is 14.1. The van der Waals surface area contributed by atoms with Gasteiger partial charge in [-0.05, 0) is 75.7 Å². The minimum Gasteiger partial charge on any atom is -0.456 e. The molecule has 2 heterocycles. The maximum absolute atomic E-state index is 6.52. The van der Waals surface area contributed by atoms with Crippen LogP contribution < -0.4 is 0 Å². The summed E-state index contributed by atoms with van der Waals surface area (Å²) in [5.41, 5.74) is 14.6. The van der Waals surface area contributed by atoms with Gasteiger partial charge in [0.1, 0.15) is 11.2 Å². The fraction of sp³-hybridized carbons (Fsp3) is 0.0192. The Morgan fingerprint density at radius 2 is 0.839 bits per heavy atom. The molecule has 0 radical (unpaired) electrons. The molecule has 0 spiro atoms. The first kappa shape index (κ1) is 33.2. The molecule has 264 valence electrons. The van der Waals surface area contributed by atoms with E-state index in [4.69, 9.17) is 19.4 Å². The predicted octanol–water partition coefficient (Wildman–Crippen LogP) is 13.7. The lowest BCUT2D eigenvalue weighted by Crippen LogP contribution is -2.01. The van der Waals surface area contributed by atoms with Gasteiger partial charge in [-0.3, -0.25) is 0 Å². The van der Waals surface area contributed by atoms with E-state index in [0.29, 0.717) is 17.5 Å². The molecule has 10 rings (SSSR count). The van der Waals surface area contributed by atoms with E-state index in [9.17, 15) is 0 Å². The van der Waals surface area contributed by atoms with Crippen LogP contribution in [0.25, 0.3) is 101 Å². The Balaban J connectivity index is 1.12. The summed E-state index contributed by atoms with van der Waals surface area (Å²) in [5.74, 6) is 1.78. The van der Waals surface area contributed by atoms with Crippen molar-refractivity contribution in [3.8, 4) is 78.7 Å². The first-order valence-electron chi connectivity index (χ1n) is 18.8. The van der Waals surface area contributed by atoms with Crippen LogP contribution in [0.5, 0.6) is 0 Å². The molecule has 0 saturated carbocycles. The largest absolute Gasteiger partial charge is 0.456 e. The van der Waals surface area contributed by atoms with E-state index in [1.54, 1.807) is 0 Å². The number of fused-ring (bicyclic) bond motifs is 3. The maximum Gasteiger partial charge on any atom is 0.164 e. The molecule has 56 heavy (non-hydrogen) atoms. The molecule has 0 saturated heterocycles. The van der Waals surface area contributed by atoms with Gasteiger partial charge < -0.3 is 4.42 Å². The zero-order valence-electron chi connectivity index (χ0n) is 30.7. The van der Waals surface area contributed by atoms with Crippen molar-refractivity contribution in [2.24, 2.45) is 0 Å². The Labute approximate surface area is 325 Å². The minimum atomic E-state index is 0.576. The third-order valence-electron chi connectivity index (χ3n) is 10.4. The standard InChI is InChI=1S/C52H35N3O/c1-34-13-10-19-40(31-34)43-21-8-9-22-45(43)52-54-50(41-20-11-18-39(32-41)37-27-25-36(26-28-37)35-14-4-2-5-15-35)53-51(55-52)42-29-30-46-48(33-42)56-47-24-12-23-44(49(46)47)38-16-6-3-7-17-38/h2-33H,1H3. The Morgan fingerprint density at radius 3 is 1.59 bits per heavy atom. The molecule has 0 aliphatic heterocycles. The molecule has 10 aromatic rings. The Hall–Kier alpha value is -7.43. The van der Waals surface area contributed by atoms with Gasteiger partial charge in [-0.1, -0.05) is 175 Å². The van der Waals surface area contributed by atoms with E-state index in [2.05, 4.69) is 177 Å². The highest BCUT2D eigenvalue weighted by molar-refractivity contribution is 6.13. The highest BCUT2D eigenvalue weighted by Crippen LogP contribution is 2.39. The first-order chi connectivity index (χ1) is 27.6. The number of hydrogen-bond donors (Lipinski definition) is 0. The van der Waals surface area contributed by atoms with Gasteiger partial charge >= 0.3 is 0 Å². The number of furan rings is 1. The monoisotopic (exact) mass is 717 g/mol. The lowest BCUT2D eigenvalue weighted by Gasteiger charge is -2.13. The fourth-order valence-corrected chi connectivity index (χ4v) is 7.64. The molecule has 2 aromatic heterocycles. The summed E-state index contributed by atoms with van der Waals surface area (Å²) in [4.78, 5) is 15.5. The average molecular weight is 718 g/mol. The van der Waals surface area contributed by atoms with E-state index in [1.165, 1.54) is 16.7 Å². The lowest BCUT2D eigenvalue weighted by atomic mass is 9.97. The van der Waals surface area contributed by atoms with Crippen LogP contribution in [0.3, 0.4) is 0 Å². The highest BCUT2D eigenvalue weighted by atomic mass is 16.3. The quantitative estimate of drug-likeness (QED) is 0.165. The molecule has 0 aliphatic carbocycles. The summed E-state index contributed by atoms with van der Waals surface area (Å²) in [6, 6.07) is 67.5. The Kier molecular flexibility index (Phi) is 8.34. The molecule has 0 atom stereocenters. The average Bonchev–Trinajstić information content (AvgIpc) is 3.65. The zero-order chi connectivity index (χ0) is 37.4. The summed E-state index contributed by atoms with van der Waals surface area (Å²) in [6.07, 6.45) is 0. The van der Waals surface area contributed by atoms with Gasteiger partial charge in [-0.2, -0.15) is 0 Å². The third-order valence-corrected chi connectivity index (χ3v) is 10.4. The van der Waals surface area contributed by atoms with Gasteiger partial charge in [0, 0.05) is 27.5 Å². The van der Waals surface area contributed by atoms with Gasteiger partial charge in [0.25, 0.3) is 0 Å². The molecule has 0 N–H and O–H groups in total. The third kappa shape index (κ3) is 6.23. The van der Waals surface area contributed by atoms with Crippen LogP contribution >= 0.6 is 0 Å². The zero-order valence-corrected chi connectivity index (χ0v) is 30.7. The van der Waals surface area contributed by atoms with Gasteiger partial charge in [-0.15, -0.1) is 0 Å². The van der Waals surface area contributed by atoms with Crippen molar-refractivity contribution in [2.75, 3.05) is 0 Å². The first-order valence-corrected chi connectivity index (χ1v) is 18.8. The maximum atomic E-state index is 6.52. The van der Waals surface area contributed by atoms with Crippen LogP contribution in [0, 0.1) is 6.92 Å². The number of benzene rings is 8. The van der Waals surface area contributed by atoms with Crippen molar-refractivity contribution in [3.05, 3.63) is 200 Å². The number of nitrogens with zero attached hydrogens (tertiary/aromatic N) is 3. The van der Waals surface area contributed by atoms with Crippen LogP contribution in [0.15, 0.2) is 199 Å². The molecule has 4 heteroatoms. The van der Waals surface area contributed by atoms with Gasteiger partial charge in [0.15, 0.2) is 17.5 Å². The van der Waals surface area contributed by atoms with Crippen LogP contribution in [0.4, 0.5) is 0 Å². The predicted molar refractivity (Wildman–Crippen MR) is 230 cm³/mol. The second-order valence-corrected chi connectivity index (χ2v) is 14.1. The van der Waals surface area contributed by atoms with Gasteiger partial charge in [0.05, 0.1) is 0 Å².